The molecule has 0 radical (unpaired) electrons. The second kappa shape index (κ2) is 9.60. The number of benzene rings is 2. The molecular formula is C23H18ClFN4O3S. The van der Waals surface area contributed by atoms with Gasteiger partial charge in [0, 0.05) is 11.1 Å². The molecule has 0 fully saturated rings. The summed E-state index contributed by atoms with van der Waals surface area (Å²) < 4.78 is 18.9. The lowest BCUT2D eigenvalue weighted by Gasteiger charge is -2.09. The molecule has 2 aromatic carbocycles. The molecule has 4 aromatic rings. The molecule has 0 spiro atoms. The summed E-state index contributed by atoms with van der Waals surface area (Å²) in [6.45, 7) is 3.65. The number of nitrogens with zero attached hydrogens (tertiary/aromatic N) is 2. The molecule has 33 heavy (non-hydrogen) atoms. The van der Waals surface area contributed by atoms with E-state index < -0.39 is 5.82 Å². The van der Waals surface area contributed by atoms with Gasteiger partial charge in [-0.2, -0.15) is 4.98 Å². The highest BCUT2D eigenvalue weighted by Gasteiger charge is 2.19. The number of hydrogen-bond acceptors (Lipinski definition) is 6. The van der Waals surface area contributed by atoms with Gasteiger partial charge in [0.15, 0.2) is 5.16 Å². The van der Waals surface area contributed by atoms with Crippen LogP contribution in [0.25, 0.3) is 11.1 Å². The Balaban J connectivity index is 1.55. The smallest absolute Gasteiger partial charge is 0.256 e. The van der Waals surface area contributed by atoms with Crippen LogP contribution >= 0.6 is 23.4 Å². The molecule has 0 saturated carbocycles. The first kappa shape index (κ1) is 22.8. The van der Waals surface area contributed by atoms with E-state index in [-0.39, 0.29) is 27.7 Å². The molecule has 2 aromatic heterocycles. The summed E-state index contributed by atoms with van der Waals surface area (Å²) in [4.78, 5) is 33.9. The zero-order valence-electron chi connectivity index (χ0n) is 17.6. The van der Waals surface area contributed by atoms with Gasteiger partial charge in [-0.25, -0.2) is 9.37 Å². The number of carbonyl (C=O) groups is 2. The largest absolute Gasteiger partial charge is 0.443 e. The Morgan fingerprint density at radius 3 is 2.58 bits per heavy atom. The Bertz CT molecular complexity index is 1360. The number of nitrogens with one attached hydrogen (secondary N) is 2. The Morgan fingerprint density at radius 1 is 1.09 bits per heavy atom. The predicted octanol–water partition coefficient (Wildman–Crippen LogP) is 5.62. The van der Waals surface area contributed by atoms with E-state index in [4.69, 9.17) is 16.0 Å². The highest BCUT2D eigenvalue weighted by Crippen LogP contribution is 2.31. The molecule has 0 saturated heterocycles. The number of aryl methyl sites for hydroxylation is 2. The third-order valence-corrected chi connectivity index (χ3v) is 5.97. The van der Waals surface area contributed by atoms with Crippen LogP contribution in [0.3, 0.4) is 0 Å². The first-order valence-corrected chi connectivity index (χ1v) is 11.2. The van der Waals surface area contributed by atoms with Crippen molar-refractivity contribution in [2.75, 3.05) is 16.4 Å². The lowest BCUT2D eigenvalue weighted by atomic mass is 10.2. The van der Waals surface area contributed by atoms with Crippen molar-refractivity contribution in [1.29, 1.82) is 0 Å². The number of aromatic nitrogens is 2. The number of amides is 2. The highest BCUT2D eigenvalue weighted by atomic mass is 35.5. The summed E-state index contributed by atoms with van der Waals surface area (Å²) in [6, 6.07) is 12.5. The van der Waals surface area contributed by atoms with Crippen molar-refractivity contribution in [1.82, 2.24) is 9.97 Å². The van der Waals surface area contributed by atoms with Crippen molar-refractivity contribution in [3.05, 3.63) is 76.3 Å². The molecule has 4 rings (SSSR count). The second-order valence-electron chi connectivity index (χ2n) is 7.10. The van der Waals surface area contributed by atoms with Gasteiger partial charge in [0.05, 0.1) is 21.8 Å². The number of furan rings is 1. The van der Waals surface area contributed by atoms with Crippen molar-refractivity contribution in [2.24, 2.45) is 0 Å². The summed E-state index contributed by atoms with van der Waals surface area (Å²) in [7, 11) is 0. The van der Waals surface area contributed by atoms with Crippen LogP contribution in [-0.2, 0) is 4.79 Å². The number of anilines is 2. The number of hydrogen-bond donors (Lipinski definition) is 2. The van der Waals surface area contributed by atoms with Crippen LogP contribution in [0.5, 0.6) is 0 Å². The van der Waals surface area contributed by atoms with Gasteiger partial charge in [0.25, 0.3) is 5.91 Å². The van der Waals surface area contributed by atoms with Gasteiger partial charge in [-0.3, -0.25) is 9.59 Å². The fourth-order valence-electron chi connectivity index (χ4n) is 3.06. The normalized spacial score (nSPS) is 10.9. The number of thioether (sulfide) groups is 1. The van der Waals surface area contributed by atoms with E-state index in [9.17, 15) is 14.0 Å². The Kier molecular flexibility index (Phi) is 6.62. The van der Waals surface area contributed by atoms with E-state index >= 15 is 0 Å². The predicted molar refractivity (Wildman–Crippen MR) is 126 cm³/mol. The van der Waals surface area contributed by atoms with E-state index in [1.54, 1.807) is 31.2 Å². The van der Waals surface area contributed by atoms with Gasteiger partial charge in [0.1, 0.15) is 17.4 Å². The Hall–Kier alpha value is -3.43. The molecule has 0 atom stereocenters. The molecule has 168 valence electrons. The lowest BCUT2D eigenvalue weighted by molar-refractivity contribution is -0.113. The molecule has 0 unspecified atom stereocenters. The molecule has 0 aliphatic heterocycles. The summed E-state index contributed by atoms with van der Waals surface area (Å²) >= 11 is 7.02. The Morgan fingerprint density at radius 2 is 1.85 bits per heavy atom. The van der Waals surface area contributed by atoms with E-state index in [0.29, 0.717) is 33.9 Å². The van der Waals surface area contributed by atoms with Crippen LogP contribution in [-0.4, -0.2) is 27.5 Å². The lowest BCUT2D eigenvalue weighted by Crippen LogP contribution is -2.15. The van der Waals surface area contributed by atoms with E-state index in [0.717, 1.165) is 23.4 Å². The zero-order valence-corrected chi connectivity index (χ0v) is 19.2. The maximum Gasteiger partial charge on any atom is 0.256 e. The maximum absolute atomic E-state index is 13.2. The standard InChI is InChI=1S/C23H18ClFN4O3S/c1-12-13(2)32-22-19(12)20(27-21(31)14-6-4-3-5-7-14)28-23(29-22)33-11-18(30)26-17-9-8-15(25)10-16(17)24/h3-10H,11H2,1-2H3,(H,26,30)(H,27,28,29,31). The topological polar surface area (TPSA) is 97.1 Å². The summed E-state index contributed by atoms with van der Waals surface area (Å²) in [5.41, 5.74) is 1.90. The quantitative estimate of drug-likeness (QED) is 0.272. The van der Waals surface area contributed by atoms with Gasteiger partial charge in [-0.15, -0.1) is 0 Å². The first-order valence-electron chi connectivity index (χ1n) is 9.83. The number of rotatable bonds is 6. The molecule has 2 heterocycles. The molecule has 0 aliphatic rings. The zero-order chi connectivity index (χ0) is 23.5. The van der Waals surface area contributed by atoms with Crippen LogP contribution < -0.4 is 10.6 Å². The van der Waals surface area contributed by atoms with Crippen LogP contribution in [0, 0.1) is 19.7 Å². The number of fused-ring (bicyclic) bond motifs is 1. The Labute approximate surface area is 197 Å². The molecule has 7 nitrogen and oxygen atoms in total. The van der Waals surface area contributed by atoms with Crippen LogP contribution in [0.1, 0.15) is 21.7 Å². The summed E-state index contributed by atoms with van der Waals surface area (Å²) in [5, 5.41) is 6.38. The number of halogens is 2. The monoisotopic (exact) mass is 484 g/mol. The molecular weight excluding hydrogens is 467 g/mol. The second-order valence-corrected chi connectivity index (χ2v) is 8.45. The summed E-state index contributed by atoms with van der Waals surface area (Å²) in [5.74, 6) is -0.284. The average molecular weight is 485 g/mol. The van der Waals surface area contributed by atoms with E-state index in [1.165, 1.54) is 12.1 Å². The minimum atomic E-state index is -0.497. The van der Waals surface area contributed by atoms with Crippen LogP contribution in [0.15, 0.2) is 58.1 Å². The maximum atomic E-state index is 13.2. The van der Waals surface area contributed by atoms with Crippen molar-refractivity contribution in [3.63, 3.8) is 0 Å². The van der Waals surface area contributed by atoms with Crippen molar-refractivity contribution in [2.45, 2.75) is 19.0 Å². The van der Waals surface area contributed by atoms with Crippen molar-refractivity contribution < 1.29 is 18.4 Å². The van der Waals surface area contributed by atoms with Gasteiger partial charge in [-0.05, 0) is 44.2 Å². The van der Waals surface area contributed by atoms with Crippen molar-refractivity contribution >= 4 is 57.8 Å². The average Bonchev–Trinajstić information content (AvgIpc) is 3.08. The van der Waals surface area contributed by atoms with Crippen LogP contribution in [0.4, 0.5) is 15.9 Å². The van der Waals surface area contributed by atoms with Crippen molar-refractivity contribution in [3.8, 4) is 0 Å². The van der Waals surface area contributed by atoms with Gasteiger partial charge < -0.3 is 15.1 Å². The minimum Gasteiger partial charge on any atom is -0.443 e. The highest BCUT2D eigenvalue weighted by molar-refractivity contribution is 7.99. The third-order valence-electron chi connectivity index (χ3n) is 4.81. The van der Waals surface area contributed by atoms with Gasteiger partial charge in [0.2, 0.25) is 11.6 Å². The molecule has 10 heteroatoms. The molecule has 2 amide bonds. The molecule has 2 N–H and O–H groups in total. The minimum absolute atomic E-state index is 0.0377. The summed E-state index contributed by atoms with van der Waals surface area (Å²) in [6.07, 6.45) is 0. The van der Waals surface area contributed by atoms with E-state index in [1.807, 2.05) is 13.0 Å². The fraction of sp³-hybridized carbons (Fsp3) is 0.130. The fourth-order valence-corrected chi connectivity index (χ4v) is 3.91. The molecule has 0 aliphatic carbocycles. The third kappa shape index (κ3) is 5.15. The SMILES string of the molecule is Cc1oc2nc(SCC(=O)Nc3ccc(F)cc3Cl)nc(NC(=O)c3ccccc3)c2c1C. The van der Waals surface area contributed by atoms with Crippen LogP contribution in [0.2, 0.25) is 5.02 Å². The van der Waals surface area contributed by atoms with E-state index in [2.05, 4.69) is 20.6 Å². The van der Waals surface area contributed by atoms with Gasteiger partial charge in [-0.1, -0.05) is 41.6 Å². The van der Waals surface area contributed by atoms with Gasteiger partial charge >= 0.3 is 0 Å². The number of carbonyl (C=O) groups excluding carboxylic acids is 2. The molecule has 0 bridgehead atoms. The first-order chi connectivity index (χ1) is 15.8.